The summed E-state index contributed by atoms with van der Waals surface area (Å²) in [4.78, 5) is 38.3. The van der Waals surface area contributed by atoms with Crippen LogP contribution in [0.1, 0.15) is 22.5 Å². The van der Waals surface area contributed by atoms with Crippen molar-refractivity contribution in [2.75, 3.05) is 31.6 Å². The van der Waals surface area contributed by atoms with Crippen molar-refractivity contribution < 1.29 is 14.3 Å². The fourth-order valence-corrected chi connectivity index (χ4v) is 2.82. The molecule has 0 unspecified atom stereocenters. The number of nitrogens with one attached hydrogen (secondary N) is 1. The van der Waals surface area contributed by atoms with E-state index in [1.54, 1.807) is 11.0 Å². The molecular formula is C19H22N4O4. The quantitative estimate of drug-likeness (QED) is 0.849. The van der Waals surface area contributed by atoms with Crippen molar-refractivity contribution in [3.05, 3.63) is 58.0 Å². The van der Waals surface area contributed by atoms with Crippen molar-refractivity contribution in [2.24, 2.45) is 0 Å². The fraction of sp³-hybridized carbons (Fsp3) is 0.368. The summed E-state index contributed by atoms with van der Waals surface area (Å²) in [6, 6.07) is 10.1. The van der Waals surface area contributed by atoms with Gasteiger partial charge in [-0.25, -0.2) is 4.68 Å². The molecule has 1 saturated heterocycles. The molecule has 0 bridgehead atoms. The average Bonchev–Trinajstić information content (AvgIpc) is 2.67. The fourth-order valence-electron chi connectivity index (χ4n) is 2.82. The van der Waals surface area contributed by atoms with Gasteiger partial charge in [0, 0.05) is 31.3 Å². The molecule has 0 radical (unpaired) electrons. The van der Waals surface area contributed by atoms with E-state index >= 15 is 0 Å². The van der Waals surface area contributed by atoms with Gasteiger partial charge in [-0.2, -0.15) is 5.10 Å². The van der Waals surface area contributed by atoms with E-state index in [-0.39, 0.29) is 30.1 Å². The van der Waals surface area contributed by atoms with Gasteiger partial charge in [-0.3, -0.25) is 14.4 Å². The molecule has 142 valence electrons. The van der Waals surface area contributed by atoms with Gasteiger partial charge in [0.05, 0.1) is 19.8 Å². The lowest BCUT2D eigenvalue weighted by atomic mass is 10.2. The van der Waals surface area contributed by atoms with Crippen LogP contribution in [0.15, 0.2) is 41.2 Å². The zero-order valence-corrected chi connectivity index (χ0v) is 15.2. The number of aromatic nitrogens is 2. The zero-order chi connectivity index (χ0) is 19.2. The molecule has 2 amide bonds. The number of carbonyl (C=O) groups is 2. The minimum absolute atomic E-state index is 0.0541. The summed E-state index contributed by atoms with van der Waals surface area (Å²) >= 11 is 0. The van der Waals surface area contributed by atoms with Crippen LogP contribution in [0, 0.1) is 6.92 Å². The normalized spacial score (nSPS) is 14.0. The molecule has 27 heavy (non-hydrogen) atoms. The topological polar surface area (TPSA) is 93.5 Å². The summed E-state index contributed by atoms with van der Waals surface area (Å²) in [5, 5.41) is 6.86. The molecule has 1 aromatic carbocycles. The van der Waals surface area contributed by atoms with E-state index in [0.717, 1.165) is 10.2 Å². The second kappa shape index (κ2) is 8.59. The van der Waals surface area contributed by atoms with Crippen LogP contribution in [-0.2, 0) is 16.1 Å². The van der Waals surface area contributed by atoms with Crippen LogP contribution in [0.5, 0.6) is 0 Å². The molecule has 8 nitrogen and oxygen atoms in total. The van der Waals surface area contributed by atoms with E-state index in [4.69, 9.17) is 4.74 Å². The van der Waals surface area contributed by atoms with Gasteiger partial charge in [0.15, 0.2) is 0 Å². The Morgan fingerprint density at radius 1 is 1.19 bits per heavy atom. The standard InChI is InChI=1S/C19H22N4O4/c1-14-3-2-4-15(13-14)20-19(26)16-5-6-18(25)23(21-16)8-7-17(24)22-9-11-27-12-10-22/h2-6,13H,7-12H2,1H3,(H,20,26). The van der Waals surface area contributed by atoms with Gasteiger partial charge < -0.3 is 15.0 Å². The highest BCUT2D eigenvalue weighted by Gasteiger charge is 2.17. The Bertz CT molecular complexity index is 887. The highest BCUT2D eigenvalue weighted by atomic mass is 16.5. The molecule has 1 aliphatic rings. The Hall–Kier alpha value is -3.00. The van der Waals surface area contributed by atoms with Gasteiger partial charge in [0.2, 0.25) is 5.91 Å². The predicted molar refractivity (Wildman–Crippen MR) is 99.6 cm³/mol. The van der Waals surface area contributed by atoms with Crippen LogP contribution in [-0.4, -0.2) is 52.8 Å². The molecule has 2 aromatic rings. The van der Waals surface area contributed by atoms with E-state index in [1.165, 1.54) is 12.1 Å². The van der Waals surface area contributed by atoms with Crippen molar-refractivity contribution in [2.45, 2.75) is 19.9 Å². The number of nitrogens with zero attached hydrogens (tertiary/aromatic N) is 3. The first-order valence-corrected chi connectivity index (χ1v) is 8.84. The van der Waals surface area contributed by atoms with Crippen LogP contribution in [0.3, 0.4) is 0 Å². The molecular weight excluding hydrogens is 348 g/mol. The molecule has 2 heterocycles. The van der Waals surface area contributed by atoms with Crippen molar-refractivity contribution in [1.82, 2.24) is 14.7 Å². The first-order valence-electron chi connectivity index (χ1n) is 8.84. The van der Waals surface area contributed by atoms with E-state index in [2.05, 4.69) is 10.4 Å². The molecule has 0 saturated carbocycles. The number of aryl methyl sites for hydroxylation is 2. The van der Waals surface area contributed by atoms with Crippen molar-refractivity contribution in [3.8, 4) is 0 Å². The maximum Gasteiger partial charge on any atom is 0.276 e. The lowest BCUT2D eigenvalue weighted by molar-refractivity contribution is -0.135. The lowest BCUT2D eigenvalue weighted by Crippen LogP contribution is -2.41. The summed E-state index contributed by atoms with van der Waals surface area (Å²) in [6.07, 6.45) is 0.149. The molecule has 1 aliphatic heterocycles. The monoisotopic (exact) mass is 370 g/mol. The number of carbonyl (C=O) groups excluding carboxylic acids is 2. The molecule has 0 atom stereocenters. The molecule has 8 heteroatoms. The summed E-state index contributed by atoms with van der Waals surface area (Å²) in [6.45, 7) is 4.22. The number of anilines is 1. The van der Waals surface area contributed by atoms with Crippen LogP contribution in [0.2, 0.25) is 0 Å². The molecule has 1 aromatic heterocycles. The third-order valence-electron chi connectivity index (χ3n) is 4.28. The molecule has 3 rings (SSSR count). The zero-order valence-electron chi connectivity index (χ0n) is 15.2. The Balaban J connectivity index is 1.65. The minimum Gasteiger partial charge on any atom is -0.378 e. The van der Waals surface area contributed by atoms with E-state index in [9.17, 15) is 14.4 Å². The summed E-state index contributed by atoms with van der Waals surface area (Å²) in [5.74, 6) is -0.463. The molecule has 1 N–H and O–H groups in total. The third-order valence-corrected chi connectivity index (χ3v) is 4.28. The van der Waals surface area contributed by atoms with E-state index in [0.29, 0.717) is 32.0 Å². The van der Waals surface area contributed by atoms with Crippen molar-refractivity contribution >= 4 is 17.5 Å². The van der Waals surface area contributed by atoms with Gasteiger partial charge in [0.25, 0.3) is 11.5 Å². The number of benzene rings is 1. The second-order valence-electron chi connectivity index (χ2n) is 6.35. The summed E-state index contributed by atoms with van der Waals surface area (Å²) in [7, 11) is 0. The highest BCUT2D eigenvalue weighted by molar-refractivity contribution is 6.02. The lowest BCUT2D eigenvalue weighted by Gasteiger charge is -2.26. The molecule has 1 fully saturated rings. The molecule has 0 aliphatic carbocycles. The Labute approximate surface area is 156 Å². The van der Waals surface area contributed by atoms with Gasteiger partial charge in [-0.15, -0.1) is 0 Å². The van der Waals surface area contributed by atoms with Gasteiger partial charge in [-0.1, -0.05) is 12.1 Å². The highest BCUT2D eigenvalue weighted by Crippen LogP contribution is 2.10. The Morgan fingerprint density at radius 3 is 2.70 bits per heavy atom. The van der Waals surface area contributed by atoms with Gasteiger partial charge in [-0.05, 0) is 30.7 Å². The smallest absolute Gasteiger partial charge is 0.276 e. The van der Waals surface area contributed by atoms with Crippen LogP contribution >= 0.6 is 0 Å². The second-order valence-corrected chi connectivity index (χ2v) is 6.35. The largest absolute Gasteiger partial charge is 0.378 e. The van der Waals surface area contributed by atoms with E-state index < -0.39 is 5.91 Å². The SMILES string of the molecule is Cc1cccc(NC(=O)c2ccc(=O)n(CCC(=O)N3CCOCC3)n2)c1. The Morgan fingerprint density at radius 2 is 1.96 bits per heavy atom. The first-order chi connectivity index (χ1) is 13.0. The third kappa shape index (κ3) is 5.01. The van der Waals surface area contributed by atoms with Crippen LogP contribution < -0.4 is 10.9 Å². The predicted octanol–water partition coefficient (Wildman–Crippen LogP) is 1.05. The maximum absolute atomic E-state index is 12.4. The maximum atomic E-state index is 12.4. The minimum atomic E-state index is -0.408. The average molecular weight is 370 g/mol. The number of hydrogen-bond acceptors (Lipinski definition) is 5. The number of morpholine rings is 1. The summed E-state index contributed by atoms with van der Waals surface area (Å²) < 4.78 is 6.38. The summed E-state index contributed by atoms with van der Waals surface area (Å²) in [5.41, 5.74) is 1.45. The van der Waals surface area contributed by atoms with Gasteiger partial charge in [0.1, 0.15) is 5.69 Å². The number of ether oxygens (including phenoxy) is 1. The van der Waals surface area contributed by atoms with Crippen LogP contribution in [0.25, 0.3) is 0 Å². The van der Waals surface area contributed by atoms with Crippen molar-refractivity contribution in [1.29, 1.82) is 0 Å². The van der Waals surface area contributed by atoms with Crippen LogP contribution in [0.4, 0.5) is 5.69 Å². The number of amides is 2. The number of rotatable bonds is 5. The Kier molecular flexibility index (Phi) is 5.97. The molecule has 0 spiro atoms. The first kappa shape index (κ1) is 18.8. The number of hydrogen-bond donors (Lipinski definition) is 1. The van der Waals surface area contributed by atoms with Crippen molar-refractivity contribution in [3.63, 3.8) is 0 Å². The van der Waals surface area contributed by atoms with Gasteiger partial charge >= 0.3 is 0 Å². The van der Waals surface area contributed by atoms with E-state index in [1.807, 2.05) is 25.1 Å².